The van der Waals surface area contributed by atoms with Gasteiger partial charge in [-0.2, -0.15) is 0 Å². The lowest BCUT2D eigenvalue weighted by molar-refractivity contribution is -0.133. The third kappa shape index (κ3) is 4.42. The number of rotatable bonds is 7. The van der Waals surface area contributed by atoms with Gasteiger partial charge in [0.1, 0.15) is 0 Å². The maximum absolute atomic E-state index is 11.8. The molecule has 1 aliphatic carbocycles. The summed E-state index contributed by atoms with van der Waals surface area (Å²) in [6.07, 6.45) is 4.25. The van der Waals surface area contributed by atoms with Crippen molar-refractivity contribution in [3.63, 3.8) is 0 Å². The molecule has 1 rings (SSSR count). The molecule has 1 fully saturated rings. The van der Waals surface area contributed by atoms with Crippen molar-refractivity contribution in [1.29, 1.82) is 0 Å². The summed E-state index contributed by atoms with van der Waals surface area (Å²) >= 11 is 3.37. The van der Waals surface area contributed by atoms with Gasteiger partial charge in [-0.05, 0) is 32.1 Å². The Labute approximate surface area is 107 Å². The summed E-state index contributed by atoms with van der Waals surface area (Å²) in [4.78, 5) is 13.6. The van der Waals surface area contributed by atoms with Crippen molar-refractivity contribution in [2.75, 3.05) is 25.5 Å². The Hall–Kier alpha value is -0.0900. The van der Waals surface area contributed by atoms with Crippen LogP contribution in [-0.2, 0) is 9.53 Å². The molecule has 0 spiro atoms. The number of hydrogen-bond donors (Lipinski definition) is 0. The van der Waals surface area contributed by atoms with Gasteiger partial charge in [0.15, 0.2) is 0 Å². The quantitative estimate of drug-likeness (QED) is 0.675. The average Bonchev–Trinajstić information content (AvgIpc) is 2.22. The molecule has 0 saturated heterocycles. The van der Waals surface area contributed by atoms with Crippen molar-refractivity contribution >= 4 is 21.8 Å². The Morgan fingerprint density at radius 1 is 1.50 bits per heavy atom. The first-order chi connectivity index (χ1) is 7.67. The van der Waals surface area contributed by atoms with E-state index in [1.165, 1.54) is 0 Å². The van der Waals surface area contributed by atoms with Gasteiger partial charge in [0.2, 0.25) is 5.91 Å². The van der Waals surface area contributed by atoms with Crippen LogP contribution in [0.2, 0.25) is 0 Å². The van der Waals surface area contributed by atoms with E-state index in [9.17, 15) is 4.79 Å². The minimum Gasteiger partial charge on any atom is -0.378 e. The molecule has 4 heteroatoms. The summed E-state index contributed by atoms with van der Waals surface area (Å²) in [7, 11) is 1.89. The number of ether oxygens (including phenoxy) is 1. The van der Waals surface area contributed by atoms with Gasteiger partial charge in [-0.25, -0.2) is 0 Å². The standard InChI is InChI=1S/C12H22BrNO2/c1-3-16-11-7-10(8-11)9-12(15)14(2)6-4-5-13/h10-11H,3-9H2,1-2H3. The van der Waals surface area contributed by atoms with E-state index in [4.69, 9.17) is 4.74 Å². The largest absolute Gasteiger partial charge is 0.378 e. The number of alkyl halides is 1. The number of carbonyl (C=O) groups is 1. The van der Waals surface area contributed by atoms with Crippen molar-refractivity contribution in [3.8, 4) is 0 Å². The van der Waals surface area contributed by atoms with Gasteiger partial charge in [0.05, 0.1) is 6.10 Å². The summed E-state index contributed by atoms with van der Waals surface area (Å²) in [6, 6.07) is 0. The van der Waals surface area contributed by atoms with Crippen molar-refractivity contribution in [3.05, 3.63) is 0 Å². The van der Waals surface area contributed by atoms with Gasteiger partial charge in [0.25, 0.3) is 0 Å². The van der Waals surface area contributed by atoms with E-state index in [0.717, 1.165) is 37.7 Å². The van der Waals surface area contributed by atoms with Crippen LogP contribution in [0, 0.1) is 5.92 Å². The summed E-state index contributed by atoms with van der Waals surface area (Å²) in [6.45, 7) is 3.66. The van der Waals surface area contributed by atoms with E-state index < -0.39 is 0 Å². The van der Waals surface area contributed by atoms with Crippen LogP contribution in [0.5, 0.6) is 0 Å². The van der Waals surface area contributed by atoms with Crippen LogP contribution in [0.4, 0.5) is 0 Å². The number of amides is 1. The lowest BCUT2D eigenvalue weighted by Crippen LogP contribution is -2.36. The lowest BCUT2D eigenvalue weighted by atomic mass is 9.80. The highest BCUT2D eigenvalue weighted by Gasteiger charge is 2.31. The fourth-order valence-electron chi connectivity index (χ4n) is 2.04. The maximum atomic E-state index is 11.8. The first kappa shape index (κ1) is 14.0. The van der Waals surface area contributed by atoms with Gasteiger partial charge in [-0.15, -0.1) is 0 Å². The minimum atomic E-state index is 0.279. The molecule has 0 aliphatic heterocycles. The third-order valence-electron chi connectivity index (χ3n) is 3.11. The summed E-state index contributed by atoms with van der Waals surface area (Å²) < 4.78 is 5.48. The number of nitrogens with zero attached hydrogens (tertiary/aromatic N) is 1. The highest BCUT2D eigenvalue weighted by molar-refractivity contribution is 9.09. The van der Waals surface area contributed by atoms with Crippen molar-refractivity contribution < 1.29 is 9.53 Å². The van der Waals surface area contributed by atoms with E-state index in [2.05, 4.69) is 15.9 Å². The van der Waals surface area contributed by atoms with Crippen LogP contribution in [0.15, 0.2) is 0 Å². The fraction of sp³-hybridized carbons (Fsp3) is 0.917. The van der Waals surface area contributed by atoms with E-state index in [1.807, 2.05) is 18.9 Å². The van der Waals surface area contributed by atoms with Gasteiger partial charge in [-0.3, -0.25) is 4.79 Å². The smallest absolute Gasteiger partial charge is 0.222 e. The minimum absolute atomic E-state index is 0.279. The molecule has 0 N–H and O–H groups in total. The fourth-order valence-corrected chi connectivity index (χ4v) is 2.29. The molecule has 0 heterocycles. The van der Waals surface area contributed by atoms with Crippen LogP contribution in [0.1, 0.15) is 32.6 Å². The molecular weight excluding hydrogens is 270 g/mol. The maximum Gasteiger partial charge on any atom is 0.222 e. The zero-order valence-corrected chi connectivity index (χ0v) is 11.8. The Kier molecular flexibility index (Phi) is 6.36. The van der Waals surface area contributed by atoms with Gasteiger partial charge < -0.3 is 9.64 Å². The third-order valence-corrected chi connectivity index (χ3v) is 3.67. The number of carbonyl (C=O) groups excluding carboxylic acids is 1. The van der Waals surface area contributed by atoms with Crippen molar-refractivity contribution in [2.24, 2.45) is 5.92 Å². The Morgan fingerprint density at radius 3 is 2.75 bits per heavy atom. The second-order valence-corrected chi connectivity index (χ2v) is 5.27. The van der Waals surface area contributed by atoms with E-state index >= 15 is 0 Å². The highest BCUT2D eigenvalue weighted by atomic mass is 79.9. The molecule has 1 amide bonds. The molecule has 94 valence electrons. The van der Waals surface area contributed by atoms with Gasteiger partial charge >= 0.3 is 0 Å². The van der Waals surface area contributed by atoms with Crippen LogP contribution in [0.3, 0.4) is 0 Å². The predicted octanol–water partition coefficient (Wildman–Crippen LogP) is 2.44. The van der Waals surface area contributed by atoms with Crippen molar-refractivity contribution in [1.82, 2.24) is 4.90 Å². The summed E-state index contributed by atoms with van der Waals surface area (Å²) in [5.41, 5.74) is 0. The lowest BCUT2D eigenvalue weighted by Gasteiger charge is -2.35. The summed E-state index contributed by atoms with van der Waals surface area (Å²) in [5, 5.41) is 0.959. The SMILES string of the molecule is CCOC1CC(CC(=O)N(C)CCCBr)C1. The second-order valence-electron chi connectivity index (χ2n) is 4.48. The van der Waals surface area contributed by atoms with E-state index in [1.54, 1.807) is 0 Å². The summed E-state index contributed by atoms with van der Waals surface area (Å²) in [5.74, 6) is 0.830. The normalized spacial score (nSPS) is 23.9. The van der Waals surface area contributed by atoms with Crippen LogP contribution in [0.25, 0.3) is 0 Å². The molecular formula is C12H22BrNO2. The monoisotopic (exact) mass is 291 g/mol. The molecule has 16 heavy (non-hydrogen) atoms. The van der Waals surface area contributed by atoms with Gasteiger partial charge in [-0.1, -0.05) is 15.9 Å². The number of halogens is 1. The van der Waals surface area contributed by atoms with E-state index in [0.29, 0.717) is 18.4 Å². The second kappa shape index (κ2) is 7.28. The van der Waals surface area contributed by atoms with Crippen molar-refractivity contribution in [2.45, 2.75) is 38.7 Å². The molecule has 0 radical (unpaired) electrons. The number of hydrogen-bond acceptors (Lipinski definition) is 2. The highest BCUT2D eigenvalue weighted by Crippen LogP contribution is 2.32. The molecule has 0 aromatic rings. The molecule has 0 aromatic heterocycles. The molecule has 0 unspecified atom stereocenters. The zero-order valence-electron chi connectivity index (χ0n) is 10.2. The van der Waals surface area contributed by atoms with E-state index in [-0.39, 0.29) is 5.91 Å². The first-order valence-corrected chi connectivity index (χ1v) is 7.21. The molecule has 0 bridgehead atoms. The van der Waals surface area contributed by atoms with Crippen LogP contribution in [-0.4, -0.2) is 42.4 Å². The Morgan fingerprint density at radius 2 is 2.19 bits per heavy atom. The van der Waals surface area contributed by atoms with Crippen LogP contribution >= 0.6 is 15.9 Å². The topological polar surface area (TPSA) is 29.5 Å². The average molecular weight is 292 g/mol. The Bertz CT molecular complexity index is 217. The molecule has 3 nitrogen and oxygen atoms in total. The molecule has 1 aliphatic rings. The molecule has 1 saturated carbocycles. The molecule has 0 aromatic carbocycles. The van der Waals surface area contributed by atoms with Gasteiger partial charge in [0, 0.05) is 32.0 Å². The predicted molar refractivity (Wildman–Crippen MR) is 68.8 cm³/mol. The first-order valence-electron chi connectivity index (χ1n) is 6.08. The van der Waals surface area contributed by atoms with Crippen LogP contribution < -0.4 is 0 Å². The Balaban J connectivity index is 2.11. The zero-order chi connectivity index (χ0) is 12.0. The molecule has 0 atom stereocenters.